The maximum absolute atomic E-state index is 10.0. The second kappa shape index (κ2) is 4.25. The maximum Gasteiger partial charge on any atom is 0.141 e. The summed E-state index contributed by atoms with van der Waals surface area (Å²) in [4.78, 5) is 6.00. The number of pyridine rings is 1. The molecule has 4 rings (SSSR count). The van der Waals surface area contributed by atoms with Crippen molar-refractivity contribution >= 4 is 22.7 Å². The Kier molecular flexibility index (Phi) is 2.51. The Morgan fingerprint density at radius 3 is 2.95 bits per heavy atom. The van der Waals surface area contributed by atoms with Gasteiger partial charge in [0, 0.05) is 21.6 Å². The highest BCUT2D eigenvalue weighted by Gasteiger charge is 2.19. The zero-order valence-electron chi connectivity index (χ0n) is 11.1. The predicted molar refractivity (Wildman–Crippen MR) is 83.1 cm³/mol. The lowest BCUT2D eigenvalue weighted by Gasteiger charge is -2.19. The van der Waals surface area contributed by atoms with E-state index in [1.807, 2.05) is 23.9 Å². The zero-order valence-corrected chi connectivity index (χ0v) is 11.9. The highest BCUT2D eigenvalue weighted by molar-refractivity contribution is 7.98. The van der Waals surface area contributed by atoms with Crippen molar-refractivity contribution in [3.8, 4) is 17.0 Å². The third kappa shape index (κ3) is 1.70. The van der Waals surface area contributed by atoms with Gasteiger partial charge in [-0.2, -0.15) is 0 Å². The molecule has 0 bridgehead atoms. The minimum atomic E-state index is 0.248. The van der Waals surface area contributed by atoms with Crippen molar-refractivity contribution in [3.63, 3.8) is 0 Å². The number of rotatable bonds is 0. The van der Waals surface area contributed by atoms with Crippen LogP contribution in [-0.2, 0) is 5.75 Å². The van der Waals surface area contributed by atoms with Gasteiger partial charge in [-0.05, 0) is 36.8 Å². The van der Waals surface area contributed by atoms with E-state index in [0.717, 1.165) is 16.8 Å². The van der Waals surface area contributed by atoms with Gasteiger partial charge in [-0.15, -0.1) is 11.8 Å². The molecular formula is C17H13NOS. The normalized spacial score (nSPS) is 13.1. The molecule has 3 heteroatoms. The molecule has 0 aliphatic carbocycles. The topological polar surface area (TPSA) is 33.1 Å². The van der Waals surface area contributed by atoms with Crippen molar-refractivity contribution in [2.24, 2.45) is 0 Å². The van der Waals surface area contributed by atoms with E-state index in [2.05, 4.69) is 31.2 Å². The summed E-state index contributed by atoms with van der Waals surface area (Å²) in [6, 6.07) is 14.2. The van der Waals surface area contributed by atoms with Crippen molar-refractivity contribution in [2.75, 3.05) is 0 Å². The first kappa shape index (κ1) is 11.8. The fourth-order valence-electron chi connectivity index (χ4n) is 2.68. The summed E-state index contributed by atoms with van der Waals surface area (Å²) >= 11 is 1.85. The summed E-state index contributed by atoms with van der Waals surface area (Å²) in [5.41, 5.74) is 5.35. The molecule has 2 aromatic carbocycles. The number of hydrogen-bond donors (Lipinski definition) is 1. The standard InChI is InChI=1S/C17H13NOS/c1-10-5-6-15-13(7-10)16-12(9-20-15)8-11-3-2-4-14(19)17(11)18-16/h2-8,19H,9H2,1H3. The Labute approximate surface area is 121 Å². The molecule has 0 saturated heterocycles. The van der Waals surface area contributed by atoms with E-state index in [4.69, 9.17) is 4.98 Å². The van der Waals surface area contributed by atoms with Crippen molar-refractivity contribution in [2.45, 2.75) is 17.6 Å². The predicted octanol–water partition coefficient (Wildman–Crippen LogP) is 4.52. The van der Waals surface area contributed by atoms with Gasteiger partial charge in [0.15, 0.2) is 0 Å². The van der Waals surface area contributed by atoms with Gasteiger partial charge in [0.05, 0.1) is 5.69 Å². The van der Waals surface area contributed by atoms with Crippen LogP contribution in [0.25, 0.3) is 22.2 Å². The lowest BCUT2D eigenvalue weighted by Crippen LogP contribution is -2.00. The molecule has 1 N–H and O–H groups in total. The Morgan fingerprint density at radius 1 is 1.15 bits per heavy atom. The summed E-state index contributed by atoms with van der Waals surface area (Å²) in [5, 5.41) is 11.0. The summed E-state index contributed by atoms with van der Waals surface area (Å²) in [7, 11) is 0. The van der Waals surface area contributed by atoms with Gasteiger partial charge >= 0.3 is 0 Å². The van der Waals surface area contributed by atoms with E-state index in [1.54, 1.807) is 6.07 Å². The van der Waals surface area contributed by atoms with Crippen LogP contribution in [0.2, 0.25) is 0 Å². The first-order valence-electron chi connectivity index (χ1n) is 6.58. The quantitative estimate of drug-likeness (QED) is 0.656. The number of aryl methyl sites for hydroxylation is 1. The molecule has 0 saturated carbocycles. The molecule has 20 heavy (non-hydrogen) atoms. The molecule has 0 fully saturated rings. The Balaban J connectivity index is 2.06. The number of benzene rings is 2. The fraction of sp³-hybridized carbons (Fsp3) is 0.118. The molecule has 1 aliphatic rings. The number of aromatic nitrogens is 1. The number of para-hydroxylation sites is 1. The van der Waals surface area contributed by atoms with Gasteiger partial charge in [0.25, 0.3) is 0 Å². The zero-order chi connectivity index (χ0) is 13.7. The van der Waals surface area contributed by atoms with Crippen molar-refractivity contribution in [1.82, 2.24) is 4.98 Å². The minimum absolute atomic E-state index is 0.248. The first-order valence-corrected chi connectivity index (χ1v) is 7.56. The minimum Gasteiger partial charge on any atom is -0.506 e. The van der Waals surface area contributed by atoms with Gasteiger partial charge in [0.1, 0.15) is 11.3 Å². The molecule has 0 amide bonds. The van der Waals surface area contributed by atoms with E-state index >= 15 is 0 Å². The van der Waals surface area contributed by atoms with Gasteiger partial charge in [-0.25, -0.2) is 4.98 Å². The number of aromatic hydroxyl groups is 1. The number of nitrogens with zero attached hydrogens (tertiary/aromatic N) is 1. The van der Waals surface area contributed by atoms with Gasteiger partial charge in [-0.3, -0.25) is 0 Å². The van der Waals surface area contributed by atoms with Gasteiger partial charge in [0.2, 0.25) is 0 Å². The lowest BCUT2D eigenvalue weighted by atomic mass is 10.0. The van der Waals surface area contributed by atoms with Crippen LogP contribution >= 0.6 is 11.8 Å². The summed E-state index contributed by atoms with van der Waals surface area (Å²) in [6.07, 6.45) is 0. The first-order chi connectivity index (χ1) is 9.72. The molecule has 0 unspecified atom stereocenters. The van der Waals surface area contributed by atoms with Crippen LogP contribution in [0.1, 0.15) is 11.1 Å². The SMILES string of the molecule is Cc1ccc2c(c1)-c1nc3c(O)cccc3cc1CS2. The van der Waals surface area contributed by atoms with Gasteiger partial charge < -0.3 is 5.11 Å². The van der Waals surface area contributed by atoms with Crippen LogP contribution in [0.5, 0.6) is 5.75 Å². The second-order valence-electron chi connectivity index (χ2n) is 5.13. The average Bonchev–Trinajstić information content (AvgIpc) is 2.46. The fourth-order valence-corrected chi connectivity index (χ4v) is 3.69. The maximum atomic E-state index is 10.0. The molecule has 1 aliphatic heterocycles. The van der Waals surface area contributed by atoms with Crippen molar-refractivity contribution < 1.29 is 5.11 Å². The van der Waals surface area contributed by atoms with E-state index in [1.165, 1.54) is 21.6 Å². The van der Waals surface area contributed by atoms with Gasteiger partial charge in [-0.1, -0.05) is 23.8 Å². The highest BCUT2D eigenvalue weighted by atomic mass is 32.2. The monoisotopic (exact) mass is 279 g/mol. The van der Waals surface area contributed by atoms with Crippen LogP contribution in [0.3, 0.4) is 0 Å². The third-order valence-electron chi connectivity index (χ3n) is 3.68. The molecule has 3 aromatic rings. The second-order valence-corrected chi connectivity index (χ2v) is 6.15. The summed E-state index contributed by atoms with van der Waals surface area (Å²) in [5.74, 6) is 1.18. The molecule has 1 aromatic heterocycles. The summed E-state index contributed by atoms with van der Waals surface area (Å²) < 4.78 is 0. The third-order valence-corrected chi connectivity index (χ3v) is 4.80. The van der Waals surface area contributed by atoms with Crippen LogP contribution in [0.4, 0.5) is 0 Å². The number of fused-ring (bicyclic) bond motifs is 4. The van der Waals surface area contributed by atoms with Crippen LogP contribution in [0, 0.1) is 6.92 Å². The Hall–Kier alpha value is -2.00. The van der Waals surface area contributed by atoms with Crippen molar-refractivity contribution in [1.29, 1.82) is 0 Å². The van der Waals surface area contributed by atoms with E-state index < -0.39 is 0 Å². The molecule has 0 spiro atoms. The molecule has 0 radical (unpaired) electrons. The molecule has 2 heterocycles. The Morgan fingerprint density at radius 2 is 2.05 bits per heavy atom. The van der Waals surface area contributed by atoms with E-state index in [9.17, 15) is 5.11 Å². The van der Waals surface area contributed by atoms with E-state index in [-0.39, 0.29) is 5.75 Å². The molecule has 2 nitrogen and oxygen atoms in total. The van der Waals surface area contributed by atoms with Crippen LogP contribution < -0.4 is 0 Å². The number of hydrogen-bond acceptors (Lipinski definition) is 3. The number of phenols is 1. The number of thioether (sulfide) groups is 1. The lowest BCUT2D eigenvalue weighted by molar-refractivity contribution is 0.480. The Bertz CT molecular complexity index is 842. The average molecular weight is 279 g/mol. The van der Waals surface area contributed by atoms with E-state index in [0.29, 0.717) is 5.52 Å². The summed E-state index contributed by atoms with van der Waals surface area (Å²) in [6.45, 7) is 2.09. The molecular weight excluding hydrogens is 266 g/mol. The molecule has 0 atom stereocenters. The smallest absolute Gasteiger partial charge is 0.141 e. The largest absolute Gasteiger partial charge is 0.506 e. The van der Waals surface area contributed by atoms with Crippen LogP contribution in [0.15, 0.2) is 47.4 Å². The highest BCUT2D eigenvalue weighted by Crippen LogP contribution is 2.42. The van der Waals surface area contributed by atoms with Crippen molar-refractivity contribution in [3.05, 3.63) is 53.6 Å². The molecule has 98 valence electrons. The number of phenolic OH excluding ortho intramolecular Hbond substituents is 1. The van der Waals surface area contributed by atoms with Crippen LogP contribution in [-0.4, -0.2) is 10.1 Å².